The maximum absolute atomic E-state index is 4.93. The van der Waals surface area contributed by atoms with Crippen molar-refractivity contribution in [1.82, 2.24) is 9.97 Å². The number of piperazine rings is 1. The summed E-state index contributed by atoms with van der Waals surface area (Å²) in [5.41, 5.74) is 2.58. The van der Waals surface area contributed by atoms with Crippen molar-refractivity contribution >= 4 is 17.5 Å². The molecule has 0 spiro atoms. The highest BCUT2D eigenvalue weighted by Crippen LogP contribution is 2.22. The minimum Gasteiger partial charge on any atom is -0.368 e. The summed E-state index contributed by atoms with van der Waals surface area (Å²) in [6, 6.07) is 23.6. The number of hydrogen-bond acceptors (Lipinski definition) is 5. The zero-order valence-electron chi connectivity index (χ0n) is 17.3. The van der Waals surface area contributed by atoms with Gasteiger partial charge in [-0.05, 0) is 37.6 Å². The topological polar surface area (TPSA) is 35.5 Å². The van der Waals surface area contributed by atoms with Crippen LogP contribution in [0.5, 0.6) is 0 Å². The average molecular weight is 388 g/mol. The van der Waals surface area contributed by atoms with E-state index in [1.807, 2.05) is 12.3 Å². The summed E-state index contributed by atoms with van der Waals surface area (Å²) in [4.78, 5) is 16.6. The quantitative estimate of drug-likeness (QED) is 0.633. The van der Waals surface area contributed by atoms with Gasteiger partial charge in [0, 0.05) is 50.6 Å². The molecule has 0 aliphatic carbocycles. The van der Waals surface area contributed by atoms with Crippen molar-refractivity contribution in [3.05, 3.63) is 78.5 Å². The second kappa shape index (κ2) is 8.95. The van der Waals surface area contributed by atoms with Gasteiger partial charge in [-0.3, -0.25) is 0 Å². The molecule has 1 aliphatic rings. The molecule has 0 radical (unpaired) electrons. The first kappa shape index (κ1) is 19.2. The van der Waals surface area contributed by atoms with Gasteiger partial charge in [-0.25, -0.2) is 4.98 Å². The Kier molecular flexibility index (Phi) is 5.94. The smallest absolute Gasteiger partial charge is 0.227 e. The average Bonchev–Trinajstić information content (AvgIpc) is 2.79. The molecular weight excluding hydrogens is 358 g/mol. The van der Waals surface area contributed by atoms with Crippen LogP contribution in [-0.4, -0.2) is 42.2 Å². The molecular formula is C24H29N5. The molecule has 1 aliphatic heterocycles. The summed E-state index contributed by atoms with van der Waals surface area (Å²) in [5, 5.41) is 0. The van der Waals surface area contributed by atoms with Gasteiger partial charge >= 0.3 is 0 Å². The Morgan fingerprint density at radius 3 is 2.10 bits per heavy atom. The van der Waals surface area contributed by atoms with Crippen molar-refractivity contribution in [3.8, 4) is 0 Å². The summed E-state index contributed by atoms with van der Waals surface area (Å²) >= 11 is 0. The van der Waals surface area contributed by atoms with Gasteiger partial charge in [-0.2, -0.15) is 4.98 Å². The van der Waals surface area contributed by atoms with Crippen LogP contribution in [0.15, 0.2) is 72.9 Å². The van der Waals surface area contributed by atoms with E-state index in [9.17, 15) is 0 Å². The second-order valence-electron chi connectivity index (χ2n) is 7.73. The Balaban J connectivity index is 1.47. The highest BCUT2D eigenvalue weighted by molar-refractivity contribution is 5.49. The molecule has 1 aromatic heterocycles. The lowest BCUT2D eigenvalue weighted by molar-refractivity contribution is 0.634. The molecule has 1 fully saturated rings. The van der Waals surface area contributed by atoms with Crippen molar-refractivity contribution in [2.45, 2.75) is 26.4 Å². The van der Waals surface area contributed by atoms with Gasteiger partial charge in [-0.15, -0.1) is 0 Å². The molecule has 5 heteroatoms. The minimum absolute atomic E-state index is 0.355. The maximum atomic E-state index is 4.93. The first-order valence-corrected chi connectivity index (χ1v) is 10.4. The predicted octanol–water partition coefficient (Wildman–Crippen LogP) is 4.22. The molecule has 3 aromatic rings. The first-order valence-electron chi connectivity index (χ1n) is 10.4. The highest BCUT2D eigenvalue weighted by Gasteiger charge is 2.21. The Morgan fingerprint density at radius 1 is 0.828 bits per heavy atom. The fraction of sp³-hybridized carbons (Fsp3) is 0.333. The van der Waals surface area contributed by atoms with Crippen molar-refractivity contribution in [1.29, 1.82) is 0 Å². The molecule has 0 saturated carbocycles. The van der Waals surface area contributed by atoms with E-state index in [0.29, 0.717) is 6.04 Å². The second-order valence-corrected chi connectivity index (χ2v) is 7.73. The van der Waals surface area contributed by atoms with E-state index in [0.717, 1.165) is 44.5 Å². The molecule has 0 unspecified atom stereocenters. The van der Waals surface area contributed by atoms with E-state index in [2.05, 4.69) is 94.2 Å². The van der Waals surface area contributed by atoms with Crippen LogP contribution in [0.4, 0.5) is 17.5 Å². The molecule has 150 valence electrons. The van der Waals surface area contributed by atoms with Crippen molar-refractivity contribution in [3.63, 3.8) is 0 Å². The molecule has 4 rings (SSSR count). The SMILES string of the molecule is CC(C)N(Cc1ccccc1)c1ccnc(N2CCN(c3ccccc3)CC2)n1. The predicted molar refractivity (Wildman–Crippen MR) is 121 cm³/mol. The van der Waals surface area contributed by atoms with Gasteiger partial charge in [0.15, 0.2) is 0 Å². The number of nitrogens with zero attached hydrogens (tertiary/aromatic N) is 5. The molecule has 2 aromatic carbocycles. The zero-order valence-corrected chi connectivity index (χ0v) is 17.3. The number of aromatic nitrogens is 2. The molecule has 5 nitrogen and oxygen atoms in total. The van der Waals surface area contributed by atoms with E-state index in [4.69, 9.17) is 4.98 Å². The van der Waals surface area contributed by atoms with E-state index < -0.39 is 0 Å². The van der Waals surface area contributed by atoms with E-state index in [1.54, 1.807) is 0 Å². The molecule has 0 bridgehead atoms. The van der Waals surface area contributed by atoms with Gasteiger partial charge in [0.05, 0.1) is 0 Å². The minimum atomic E-state index is 0.355. The summed E-state index contributed by atoms with van der Waals surface area (Å²) in [5.74, 6) is 1.81. The Hall–Kier alpha value is -3.08. The van der Waals surface area contributed by atoms with Crippen LogP contribution in [0.2, 0.25) is 0 Å². The normalized spacial score (nSPS) is 14.3. The molecule has 1 saturated heterocycles. The molecule has 2 heterocycles. The van der Waals surface area contributed by atoms with Crippen LogP contribution in [0.1, 0.15) is 19.4 Å². The number of para-hydroxylation sites is 1. The first-order chi connectivity index (χ1) is 14.2. The fourth-order valence-corrected chi connectivity index (χ4v) is 3.76. The van der Waals surface area contributed by atoms with Gasteiger partial charge < -0.3 is 14.7 Å². The summed E-state index contributed by atoms with van der Waals surface area (Å²) in [7, 11) is 0. The maximum Gasteiger partial charge on any atom is 0.227 e. The fourth-order valence-electron chi connectivity index (χ4n) is 3.76. The molecule has 29 heavy (non-hydrogen) atoms. The Labute approximate surface area is 173 Å². The van der Waals surface area contributed by atoms with E-state index in [1.165, 1.54) is 11.3 Å². The summed E-state index contributed by atoms with van der Waals surface area (Å²) < 4.78 is 0. The Bertz CT molecular complexity index is 889. The summed E-state index contributed by atoms with van der Waals surface area (Å²) in [6.45, 7) is 9.09. The number of anilines is 3. The lowest BCUT2D eigenvalue weighted by atomic mass is 10.2. The number of benzene rings is 2. The van der Waals surface area contributed by atoms with Crippen LogP contribution in [0.25, 0.3) is 0 Å². The largest absolute Gasteiger partial charge is 0.368 e. The van der Waals surface area contributed by atoms with Crippen LogP contribution < -0.4 is 14.7 Å². The van der Waals surface area contributed by atoms with E-state index >= 15 is 0 Å². The van der Waals surface area contributed by atoms with Gasteiger partial charge in [0.1, 0.15) is 5.82 Å². The molecule has 0 amide bonds. The van der Waals surface area contributed by atoms with Gasteiger partial charge in [0.25, 0.3) is 0 Å². The van der Waals surface area contributed by atoms with Crippen molar-refractivity contribution in [2.75, 3.05) is 40.9 Å². The highest BCUT2D eigenvalue weighted by atomic mass is 15.3. The van der Waals surface area contributed by atoms with Crippen molar-refractivity contribution in [2.24, 2.45) is 0 Å². The van der Waals surface area contributed by atoms with E-state index in [-0.39, 0.29) is 0 Å². The summed E-state index contributed by atoms with van der Waals surface area (Å²) in [6.07, 6.45) is 1.89. The van der Waals surface area contributed by atoms with Crippen LogP contribution >= 0.6 is 0 Å². The number of rotatable bonds is 6. The van der Waals surface area contributed by atoms with Crippen molar-refractivity contribution < 1.29 is 0 Å². The van der Waals surface area contributed by atoms with Gasteiger partial charge in [-0.1, -0.05) is 48.5 Å². The zero-order chi connectivity index (χ0) is 20.1. The molecule has 0 N–H and O–H groups in total. The van der Waals surface area contributed by atoms with Gasteiger partial charge in [0.2, 0.25) is 5.95 Å². The third-order valence-electron chi connectivity index (χ3n) is 5.43. The number of hydrogen-bond donors (Lipinski definition) is 0. The van der Waals surface area contributed by atoms with Crippen LogP contribution in [-0.2, 0) is 6.54 Å². The third-order valence-corrected chi connectivity index (χ3v) is 5.43. The monoisotopic (exact) mass is 387 g/mol. The lowest BCUT2D eigenvalue weighted by Gasteiger charge is -2.36. The van der Waals surface area contributed by atoms with Crippen LogP contribution in [0.3, 0.4) is 0 Å². The third kappa shape index (κ3) is 4.67. The standard InChI is InChI=1S/C24H29N5/c1-20(2)29(19-21-9-5-3-6-10-21)23-13-14-25-24(26-23)28-17-15-27(16-18-28)22-11-7-4-8-12-22/h3-14,20H,15-19H2,1-2H3. The lowest BCUT2D eigenvalue weighted by Crippen LogP contribution is -2.47. The van der Waals surface area contributed by atoms with Crippen LogP contribution in [0, 0.1) is 0 Å². The molecule has 0 atom stereocenters. The Morgan fingerprint density at radius 2 is 1.45 bits per heavy atom.